The van der Waals surface area contributed by atoms with Crippen molar-refractivity contribution in [1.82, 2.24) is 14.8 Å². The fourth-order valence-electron chi connectivity index (χ4n) is 3.21. The van der Waals surface area contributed by atoms with E-state index < -0.39 is 18.7 Å². The van der Waals surface area contributed by atoms with Crippen molar-refractivity contribution in [1.29, 1.82) is 0 Å². The highest BCUT2D eigenvalue weighted by Gasteiger charge is 2.29. The third-order valence-corrected chi connectivity index (χ3v) is 5.06. The van der Waals surface area contributed by atoms with Crippen molar-refractivity contribution in [3.8, 4) is 11.1 Å². The number of aromatic nitrogens is 1. The molecule has 31 heavy (non-hydrogen) atoms. The van der Waals surface area contributed by atoms with Crippen LogP contribution in [0.4, 0.5) is 23.2 Å². The molecule has 1 aromatic carbocycles. The van der Waals surface area contributed by atoms with E-state index in [0.717, 1.165) is 16.7 Å². The number of amides is 1. The molecule has 0 atom stereocenters. The van der Waals surface area contributed by atoms with E-state index >= 15 is 0 Å². The molecule has 0 saturated heterocycles. The lowest BCUT2D eigenvalue weighted by Crippen LogP contribution is -2.35. The number of nitrogens with two attached hydrogens (primary N) is 1. The van der Waals surface area contributed by atoms with E-state index in [1.807, 2.05) is 12.1 Å². The van der Waals surface area contributed by atoms with Gasteiger partial charge in [0.25, 0.3) is 0 Å². The molecule has 0 aliphatic rings. The van der Waals surface area contributed by atoms with Crippen molar-refractivity contribution in [3.63, 3.8) is 0 Å². The Bertz CT molecular complexity index is 856. The number of halogens is 4. The molecule has 5 nitrogen and oxygen atoms in total. The Kier molecular flexibility index (Phi) is 8.79. The number of rotatable bonds is 10. The van der Waals surface area contributed by atoms with Gasteiger partial charge in [-0.05, 0) is 61.3 Å². The molecule has 0 aliphatic carbocycles. The smallest absolute Gasteiger partial charge is 0.399 e. The summed E-state index contributed by atoms with van der Waals surface area (Å²) in [6, 6.07) is 8.38. The molecule has 0 radical (unpaired) electrons. The van der Waals surface area contributed by atoms with Gasteiger partial charge in [-0.3, -0.25) is 9.69 Å². The van der Waals surface area contributed by atoms with Crippen LogP contribution in [0.1, 0.15) is 25.3 Å². The van der Waals surface area contributed by atoms with Gasteiger partial charge in [-0.15, -0.1) is 0 Å². The molecule has 9 heteroatoms. The summed E-state index contributed by atoms with van der Waals surface area (Å²) in [5.41, 5.74) is 9.09. The first-order valence-corrected chi connectivity index (χ1v) is 10.1. The van der Waals surface area contributed by atoms with Gasteiger partial charge in [0, 0.05) is 37.5 Å². The topological polar surface area (TPSA) is 62.5 Å². The summed E-state index contributed by atoms with van der Waals surface area (Å²) in [5.74, 6) is -0.680. The van der Waals surface area contributed by atoms with Gasteiger partial charge in [0.2, 0.25) is 11.9 Å². The zero-order chi connectivity index (χ0) is 23.0. The molecule has 0 unspecified atom stereocenters. The van der Waals surface area contributed by atoms with Crippen LogP contribution in [-0.2, 0) is 11.2 Å². The number of carbonyl (C=O) groups excluding carboxylic acids is 1. The summed E-state index contributed by atoms with van der Waals surface area (Å²) in [6.45, 7) is 1.63. The van der Waals surface area contributed by atoms with Gasteiger partial charge in [-0.2, -0.15) is 17.6 Å². The Morgan fingerprint density at radius 1 is 1.13 bits per heavy atom. The van der Waals surface area contributed by atoms with Gasteiger partial charge in [-0.1, -0.05) is 13.0 Å². The van der Waals surface area contributed by atoms with Gasteiger partial charge in [0.05, 0.1) is 6.54 Å². The van der Waals surface area contributed by atoms with Crippen molar-refractivity contribution in [3.05, 3.63) is 48.0 Å². The molecule has 170 valence electrons. The minimum Gasteiger partial charge on any atom is -0.399 e. The molecule has 0 aliphatic heterocycles. The maximum absolute atomic E-state index is 13.0. The monoisotopic (exact) mass is 440 g/mol. The number of benzene rings is 1. The largest absolute Gasteiger partial charge is 0.401 e. The molecule has 2 N–H and O–H groups in total. The summed E-state index contributed by atoms with van der Waals surface area (Å²) in [5, 5.41) is 0. The number of nitrogen functional groups attached to an aromatic ring is 1. The molecule has 1 amide bonds. The van der Waals surface area contributed by atoms with E-state index in [-0.39, 0.29) is 25.4 Å². The van der Waals surface area contributed by atoms with Gasteiger partial charge in [-0.25, -0.2) is 4.98 Å². The SMILES string of the molecule is CCN(CCCC(=O)N(C)CCc1cc(-c2ccc(F)nc2)ccc1N)CC(F)(F)F. The number of carbonyl (C=O) groups is 1. The van der Waals surface area contributed by atoms with Crippen LogP contribution < -0.4 is 5.73 Å². The molecular formula is C22H28F4N4O. The van der Waals surface area contributed by atoms with Crippen LogP contribution in [0.25, 0.3) is 11.1 Å². The number of hydrogen-bond donors (Lipinski definition) is 1. The highest BCUT2D eigenvalue weighted by molar-refractivity contribution is 5.76. The van der Waals surface area contributed by atoms with Crippen molar-refractivity contribution in [2.45, 2.75) is 32.4 Å². The second-order valence-corrected chi connectivity index (χ2v) is 7.44. The standard InChI is InChI=1S/C22H28F4N4O/c1-3-30(15-22(24,25)26)11-4-5-21(31)29(2)12-10-17-13-16(6-8-19(17)27)18-7-9-20(23)28-14-18/h6-9,13-14H,3-5,10-12,15,27H2,1-2H3. The Labute approximate surface area is 179 Å². The molecule has 0 spiro atoms. The van der Waals surface area contributed by atoms with Crippen LogP contribution in [0, 0.1) is 5.95 Å². The number of pyridine rings is 1. The maximum atomic E-state index is 13.0. The normalized spacial score (nSPS) is 11.7. The van der Waals surface area contributed by atoms with Crippen LogP contribution >= 0.6 is 0 Å². The minimum absolute atomic E-state index is 0.125. The fraction of sp³-hybridized carbons (Fsp3) is 0.455. The molecular weight excluding hydrogens is 412 g/mol. The first-order valence-electron chi connectivity index (χ1n) is 10.1. The summed E-state index contributed by atoms with van der Waals surface area (Å²) < 4.78 is 50.6. The second-order valence-electron chi connectivity index (χ2n) is 7.44. The maximum Gasteiger partial charge on any atom is 0.401 e. The molecule has 0 bridgehead atoms. The number of likely N-dealkylation sites (N-methyl/N-ethyl adjacent to an activating group) is 1. The lowest BCUT2D eigenvalue weighted by Gasteiger charge is -2.22. The zero-order valence-corrected chi connectivity index (χ0v) is 17.8. The average molecular weight is 440 g/mol. The summed E-state index contributed by atoms with van der Waals surface area (Å²) in [7, 11) is 1.67. The lowest BCUT2D eigenvalue weighted by atomic mass is 10.0. The molecule has 0 saturated carbocycles. The van der Waals surface area contributed by atoms with Crippen LogP contribution in [0.3, 0.4) is 0 Å². The predicted molar refractivity (Wildman–Crippen MR) is 113 cm³/mol. The van der Waals surface area contributed by atoms with E-state index in [1.54, 1.807) is 31.0 Å². The van der Waals surface area contributed by atoms with E-state index in [0.29, 0.717) is 25.1 Å². The van der Waals surface area contributed by atoms with Gasteiger partial charge in [0.15, 0.2) is 0 Å². The zero-order valence-electron chi connectivity index (χ0n) is 17.8. The Morgan fingerprint density at radius 3 is 2.45 bits per heavy atom. The van der Waals surface area contributed by atoms with Crippen LogP contribution in [-0.4, -0.2) is 60.1 Å². The highest BCUT2D eigenvalue weighted by Crippen LogP contribution is 2.24. The summed E-state index contributed by atoms with van der Waals surface area (Å²) in [4.78, 5) is 18.8. The number of nitrogens with zero attached hydrogens (tertiary/aromatic N) is 3. The lowest BCUT2D eigenvalue weighted by molar-refractivity contribution is -0.145. The third kappa shape index (κ3) is 8.16. The van der Waals surface area contributed by atoms with Crippen molar-refractivity contribution in [2.24, 2.45) is 0 Å². The summed E-state index contributed by atoms with van der Waals surface area (Å²) >= 11 is 0. The molecule has 2 rings (SSSR count). The van der Waals surface area contributed by atoms with Crippen LogP contribution in [0.5, 0.6) is 0 Å². The van der Waals surface area contributed by atoms with Crippen molar-refractivity contribution in [2.75, 3.05) is 39.0 Å². The molecule has 2 aromatic rings. The number of hydrogen-bond acceptors (Lipinski definition) is 4. The Hall–Kier alpha value is -2.68. The van der Waals surface area contributed by atoms with E-state index in [9.17, 15) is 22.4 Å². The van der Waals surface area contributed by atoms with Crippen LogP contribution in [0.15, 0.2) is 36.5 Å². The molecule has 0 fully saturated rings. The number of anilines is 1. The van der Waals surface area contributed by atoms with Gasteiger partial charge >= 0.3 is 6.18 Å². The second kappa shape index (κ2) is 11.1. The fourth-order valence-corrected chi connectivity index (χ4v) is 3.21. The average Bonchev–Trinajstić information content (AvgIpc) is 2.71. The molecule has 1 heterocycles. The quantitative estimate of drug-likeness (QED) is 0.343. The van der Waals surface area contributed by atoms with Gasteiger partial charge < -0.3 is 10.6 Å². The first-order chi connectivity index (χ1) is 14.6. The predicted octanol–water partition coefficient (Wildman–Crippen LogP) is 4.14. The first kappa shape index (κ1) is 24.6. The third-order valence-electron chi connectivity index (χ3n) is 5.06. The summed E-state index contributed by atoms with van der Waals surface area (Å²) in [6.07, 6.45) is -1.73. The van der Waals surface area contributed by atoms with E-state index in [1.165, 1.54) is 17.2 Å². The number of alkyl halides is 3. The van der Waals surface area contributed by atoms with Crippen molar-refractivity contribution >= 4 is 11.6 Å². The minimum atomic E-state index is -4.24. The van der Waals surface area contributed by atoms with E-state index in [2.05, 4.69) is 4.98 Å². The van der Waals surface area contributed by atoms with Gasteiger partial charge in [0.1, 0.15) is 0 Å². The Morgan fingerprint density at radius 2 is 1.84 bits per heavy atom. The van der Waals surface area contributed by atoms with Crippen molar-refractivity contribution < 1.29 is 22.4 Å². The molecule has 1 aromatic heterocycles. The van der Waals surface area contributed by atoms with E-state index in [4.69, 9.17) is 5.73 Å². The van der Waals surface area contributed by atoms with Crippen LogP contribution in [0.2, 0.25) is 0 Å². The highest BCUT2D eigenvalue weighted by atomic mass is 19.4. The Balaban J connectivity index is 1.87.